The predicted molar refractivity (Wildman–Crippen MR) is 96.9 cm³/mol. The lowest BCUT2D eigenvalue weighted by atomic mass is 10.0. The highest BCUT2D eigenvalue weighted by molar-refractivity contribution is 5.95. The Morgan fingerprint density at radius 1 is 1.28 bits per heavy atom. The van der Waals surface area contributed by atoms with Gasteiger partial charge in [0.15, 0.2) is 0 Å². The third-order valence-corrected chi connectivity index (χ3v) is 4.98. The Hall–Kier alpha value is -2.82. The van der Waals surface area contributed by atoms with E-state index in [0.717, 1.165) is 41.9 Å². The van der Waals surface area contributed by atoms with E-state index in [0.29, 0.717) is 6.54 Å². The van der Waals surface area contributed by atoms with Gasteiger partial charge in [-0.15, -0.1) is 0 Å². The average Bonchev–Trinajstić information content (AvgIpc) is 3.30. The van der Waals surface area contributed by atoms with Crippen LogP contribution in [0.2, 0.25) is 0 Å². The summed E-state index contributed by atoms with van der Waals surface area (Å²) in [6, 6.07) is 9.92. The van der Waals surface area contributed by atoms with Crippen molar-refractivity contribution in [3.8, 4) is 5.69 Å². The van der Waals surface area contributed by atoms with E-state index in [4.69, 9.17) is 0 Å². The summed E-state index contributed by atoms with van der Waals surface area (Å²) >= 11 is 0. The first-order chi connectivity index (χ1) is 12.2. The molecular weight excluding hydrogens is 312 g/mol. The molecule has 0 radical (unpaired) electrons. The molecule has 1 aliphatic heterocycles. The highest BCUT2D eigenvalue weighted by Crippen LogP contribution is 2.23. The quantitative estimate of drug-likeness (QED) is 0.799. The Morgan fingerprint density at radius 3 is 2.84 bits per heavy atom. The molecule has 2 aromatic heterocycles. The Bertz CT molecular complexity index is 894. The summed E-state index contributed by atoms with van der Waals surface area (Å²) in [6.07, 6.45) is 5.73. The van der Waals surface area contributed by atoms with Crippen LogP contribution in [0.4, 0.5) is 0 Å². The Labute approximate surface area is 147 Å². The molecule has 1 N–H and O–H groups in total. The van der Waals surface area contributed by atoms with Crippen molar-refractivity contribution in [3.05, 3.63) is 70.8 Å². The molecule has 5 nitrogen and oxygen atoms in total. The summed E-state index contributed by atoms with van der Waals surface area (Å²) < 4.78 is 2.05. The van der Waals surface area contributed by atoms with Crippen LogP contribution in [-0.4, -0.2) is 32.1 Å². The number of aromatic nitrogens is 3. The zero-order chi connectivity index (χ0) is 17.4. The minimum atomic E-state index is 0.0855. The van der Waals surface area contributed by atoms with E-state index in [9.17, 15) is 4.79 Å². The number of hydrogen-bond donors (Lipinski definition) is 1. The van der Waals surface area contributed by atoms with Crippen LogP contribution in [0.15, 0.2) is 42.7 Å². The first-order valence-electron chi connectivity index (χ1n) is 8.75. The van der Waals surface area contributed by atoms with Gasteiger partial charge in [-0.3, -0.25) is 9.89 Å². The van der Waals surface area contributed by atoms with Gasteiger partial charge >= 0.3 is 0 Å². The largest absolute Gasteiger partial charge is 0.334 e. The molecule has 4 rings (SSSR count). The predicted octanol–water partition coefficient (Wildman–Crippen LogP) is 3.27. The third-order valence-electron chi connectivity index (χ3n) is 4.98. The molecule has 128 valence electrons. The molecular formula is C20H22N4O. The second kappa shape index (κ2) is 6.24. The van der Waals surface area contributed by atoms with Gasteiger partial charge in [0.25, 0.3) is 5.91 Å². The van der Waals surface area contributed by atoms with Gasteiger partial charge in [0.1, 0.15) is 0 Å². The molecule has 0 fully saturated rings. The molecule has 0 saturated heterocycles. The Kier molecular flexibility index (Phi) is 3.92. The SMILES string of the molecule is CCc1n[nH]c2c1CN(C(=O)c1ccc(C)c(-n3cccc3)c1)CC2. The molecule has 3 aromatic rings. The number of hydrogen-bond acceptors (Lipinski definition) is 2. The zero-order valence-corrected chi connectivity index (χ0v) is 14.6. The van der Waals surface area contributed by atoms with Crippen molar-refractivity contribution in [3.63, 3.8) is 0 Å². The van der Waals surface area contributed by atoms with Crippen molar-refractivity contribution in [2.24, 2.45) is 0 Å². The van der Waals surface area contributed by atoms with Crippen LogP contribution in [-0.2, 0) is 19.4 Å². The van der Waals surface area contributed by atoms with Crippen molar-refractivity contribution in [2.45, 2.75) is 33.2 Å². The second-order valence-corrected chi connectivity index (χ2v) is 6.55. The smallest absolute Gasteiger partial charge is 0.254 e. The van der Waals surface area contributed by atoms with Gasteiger partial charge in [-0.25, -0.2) is 0 Å². The van der Waals surface area contributed by atoms with Gasteiger partial charge in [0.2, 0.25) is 0 Å². The number of nitrogens with zero attached hydrogens (tertiary/aromatic N) is 3. The molecule has 1 aromatic carbocycles. The third kappa shape index (κ3) is 2.76. The van der Waals surface area contributed by atoms with Crippen LogP contribution in [0, 0.1) is 6.92 Å². The maximum Gasteiger partial charge on any atom is 0.254 e. The summed E-state index contributed by atoms with van der Waals surface area (Å²) in [7, 11) is 0. The lowest BCUT2D eigenvalue weighted by Crippen LogP contribution is -2.36. The van der Waals surface area contributed by atoms with Crippen molar-refractivity contribution < 1.29 is 4.79 Å². The summed E-state index contributed by atoms with van der Waals surface area (Å²) in [4.78, 5) is 15.0. The van der Waals surface area contributed by atoms with Crippen molar-refractivity contribution >= 4 is 5.91 Å². The van der Waals surface area contributed by atoms with Crippen LogP contribution >= 0.6 is 0 Å². The van der Waals surface area contributed by atoms with Gasteiger partial charge < -0.3 is 9.47 Å². The second-order valence-electron chi connectivity index (χ2n) is 6.55. The molecule has 1 amide bonds. The fourth-order valence-electron chi connectivity index (χ4n) is 3.52. The van der Waals surface area contributed by atoms with E-state index in [1.807, 2.05) is 52.2 Å². The molecule has 25 heavy (non-hydrogen) atoms. The van der Waals surface area contributed by atoms with E-state index >= 15 is 0 Å². The highest BCUT2D eigenvalue weighted by Gasteiger charge is 2.25. The number of carbonyl (C=O) groups is 1. The standard InChI is InChI=1S/C20H22N4O/c1-3-17-16-13-24(11-8-18(16)22-21-17)20(25)15-7-6-14(2)19(12-15)23-9-4-5-10-23/h4-7,9-10,12H,3,8,11,13H2,1-2H3,(H,21,22). The summed E-state index contributed by atoms with van der Waals surface area (Å²) in [5.41, 5.74) is 6.38. The minimum Gasteiger partial charge on any atom is -0.334 e. The fraction of sp³-hybridized carbons (Fsp3) is 0.300. The number of carbonyl (C=O) groups excluding carboxylic acids is 1. The number of aryl methyl sites for hydroxylation is 2. The number of H-pyrrole nitrogens is 1. The zero-order valence-electron chi connectivity index (χ0n) is 14.6. The lowest BCUT2D eigenvalue weighted by Gasteiger charge is -2.27. The van der Waals surface area contributed by atoms with E-state index in [-0.39, 0.29) is 5.91 Å². The van der Waals surface area contributed by atoms with Crippen molar-refractivity contribution in [2.75, 3.05) is 6.54 Å². The number of rotatable bonds is 3. The maximum absolute atomic E-state index is 13.1. The van der Waals surface area contributed by atoms with Crippen molar-refractivity contribution in [1.82, 2.24) is 19.7 Å². The normalized spacial score (nSPS) is 13.8. The van der Waals surface area contributed by atoms with E-state index in [1.54, 1.807) is 0 Å². The Morgan fingerprint density at radius 2 is 2.08 bits per heavy atom. The minimum absolute atomic E-state index is 0.0855. The number of fused-ring (bicyclic) bond motifs is 1. The number of benzene rings is 1. The van der Waals surface area contributed by atoms with Crippen LogP contribution in [0.5, 0.6) is 0 Å². The van der Waals surface area contributed by atoms with Crippen LogP contribution < -0.4 is 0 Å². The molecule has 0 aliphatic carbocycles. The monoisotopic (exact) mass is 334 g/mol. The molecule has 3 heterocycles. The van der Waals surface area contributed by atoms with Gasteiger partial charge in [-0.05, 0) is 43.2 Å². The Balaban J connectivity index is 1.63. The van der Waals surface area contributed by atoms with Gasteiger partial charge in [-0.1, -0.05) is 13.0 Å². The van der Waals surface area contributed by atoms with E-state index in [2.05, 4.69) is 24.0 Å². The number of aromatic amines is 1. The average molecular weight is 334 g/mol. The van der Waals surface area contributed by atoms with Crippen LogP contribution in [0.25, 0.3) is 5.69 Å². The molecule has 0 saturated carbocycles. The molecule has 0 atom stereocenters. The fourth-order valence-corrected chi connectivity index (χ4v) is 3.52. The number of amides is 1. The first-order valence-corrected chi connectivity index (χ1v) is 8.75. The molecule has 0 spiro atoms. The first kappa shape index (κ1) is 15.7. The van der Waals surface area contributed by atoms with E-state index < -0.39 is 0 Å². The van der Waals surface area contributed by atoms with Crippen LogP contribution in [0.1, 0.15) is 39.8 Å². The maximum atomic E-state index is 13.1. The lowest BCUT2D eigenvalue weighted by molar-refractivity contribution is 0.0734. The number of nitrogens with one attached hydrogen (secondary N) is 1. The van der Waals surface area contributed by atoms with Crippen molar-refractivity contribution in [1.29, 1.82) is 0 Å². The highest BCUT2D eigenvalue weighted by atomic mass is 16.2. The van der Waals surface area contributed by atoms with Gasteiger partial charge in [0, 0.05) is 54.4 Å². The molecule has 0 unspecified atom stereocenters. The molecule has 5 heteroatoms. The summed E-state index contributed by atoms with van der Waals surface area (Å²) in [5, 5.41) is 7.50. The van der Waals surface area contributed by atoms with Crippen LogP contribution in [0.3, 0.4) is 0 Å². The topological polar surface area (TPSA) is 53.9 Å². The summed E-state index contributed by atoms with van der Waals surface area (Å²) in [6.45, 7) is 5.53. The van der Waals surface area contributed by atoms with E-state index in [1.165, 1.54) is 11.3 Å². The molecule has 0 bridgehead atoms. The summed E-state index contributed by atoms with van der Waals surface area (Å²) in [5.74, 6) is 0.0855. The van der Waals surface area contributed by atoms with Gasteiger partial charge in [-0.2, -0.15) is 5.10 Å². The van der Waals surface area contributed by atoms with Gasteiger partial charge in [0.05, 0.1) is 5.69 Å². The molecule has 1 aliphatic rings.